The average molecular weight is 220 g/mol. The van der Waals surface area contributed by atoms with Gasteiger partial charge in [-0.2, -0.15) is 0 Å². The second-order valence-electron chi connectivity index (χ2n) is 3.62. The first-order valence-electron chi connectivity index (χ1n) is 4.71. The Kier molecular flexibility index (Phi) is 2.59. The van der Waals surface area contributed by atoms with Gasteiger partial charge in [0.25, 0.3) is 0 Å². The summed E-state index contributed by atoms with van der Waals surface area (Å²) in [5.74, 6) is 0. The van der Waals surface area contributed by atoms with Crippen LogP contribution in [0.15, 0.2) is 35.2 Å². The summed E-state index contributed by atoms with van der Waals surface area (Å²) in [4.78, 5) is 0.533. The fourth-order valence-corrected chi connectivity index (χ4v) is 2.57. The summed E-state index contributed by atoms with van der Waals surface area (Å²) in [5.41, 5.74) is 1.95. The lowest BCUT2D eigenvalue weighted by molar-refractivity contribution is 0.564. The summed E-state index contributed by atoms with van der Waals surface area (Å²) in [6.07, 6.45) is 0. The molecule has 78 valence electrons. The van der Waals surface area contributed by atoms with Crippen LogP contribution in [0.3, 0.4) is 0 Å². The van der Waals surface area contributed by atoms with Crippen molar-refractivity contribution in [3.63, 3.8) is 0 Å². The first-order valence-corrected chi connectivity index (χ1v) is 5.81. The van der Waals surface area contributed by atoms with Gasteiger partial charge in [-0.3, -0.25) is 0 Å². The van der Waals surface area contributed by atoms with Gasteiger partial charge in [0.05, 0.1) is 4.90 Å². The van der Waals surface area contributed by atoms with Crippen molar-refractivity contribution in [1.82, 2.24) is 0 Å². The predicted octanol–water partition coefficient (Wildman–Crippen LogP) is 3.04. The maximum atomic E-state index is 11.3. The van der Waals surface area contributed by atoms with Crippen molar-refractivity contribution in [1.29, 1.82) is 0 Å². The molecule has 0 radical (unpaired) electrons. The molecule has 0 aromatic heterocycles. The zero-order valence-electron chi connectivity index (χ0n) is 8.65. The second kappa shape index (κ2) is 3.76. The zero-order valence-corrected chi connectivity index (χ0v) is 9.47. The lowest BCUT2D eigenvalue weighted by atomic mass is 10.0. The monoisotopic (exact) mass is 220 g/mol. The van der Waals surface area contributed by atoms with Crippen molar-refractivity contribution in [2.24, 2.45) is 0 Å². The first kappa shape index (κ1) is 10.3. The molecule has 0 amide bonds. The molecule has 0 saturated heterocycles. The maximum Gasteiger partial charge on any atom is 0.187 e. The Bertz CT molecular complexity index is 547. The van der Waals surface area contributed by atoms with Crippen LogP contribution in [0.1, 0.15) is 11.1 Å². The molecule has 0 fully saturated rings. The van der Waals surface area contributed by atoms with Crippen LogP contribution in [0.25, 0.3) is 10.8 Å². The van der Waals surface area contributed by atoms with Crippen LogP contribution in [0, 0.1) is 13.8 Å². The van der Waals surface area contributed by atoms with Crippen molar-refractivity contribution in [3.8, 4) is 0 Å². The summed E-state index contributed by atoms with van der Waals surface area (Å²) >= 11 is -1.93. The summed E-state index contributed by atoms with van der Waals surface area (Å²) in [7, 11) is 0. The van der Waals surface area contributed by atoms with Gasteiger partial charge in [0, 0.05) is 5.39 Å². The third-order valence-corrected chi connectivity index (χ3v) is 3.56. The van der Waals surface area contributed by atoms with E-state index < -0.39 is 11.1 Å². The van der Waals surface area contributed by atoms with E-state index in [1.54, 1.807) is 0 Å². The molecule has 0 bridgehead atoms. The van der Waals surface area contributed by atoms with Crippen molar-refractivity contribution >= 4 is 21.9 Å². The minimum Gasteiger partial charge on any atom is -0.302 e. The summed E-state index contributed by atoms with van der Waals surface area (Å²) < 4.78 is 20.6. The lowest BCUT2D eigenvalue weighted by Crippen LogP contribution is -1.96. The third-order valence-electron chi connectivity index (χ3n) is 2.68. The molecule has 2 aromatic rings. The molecule has 0 aliphatic carbocycles. The molecular weight excluding hydrogens is 208 g/mol. The van der Waals surface area contributed by atoms with E-state index in [9.17, 15) is 8.76 Å². The van der Waals surface area contributed by atoms with E-state index in [0.717, 1.165) is 21.9 Å². The Morgan fingerprint density at radius 1 is 1.20 bits per heavy atom. The van der Waals surface area contributed by atoms with E-state index in [0.29, 0.717) is 4.90 Å². The van der Waals surface area contributed by atoms with Crippen LogP contribution in [0.5, 0.6) is 0 Å². The Morgan fingerprint density at radius 2 is 1.87 bits per heavy atom. The summed E-state index contributed by atoms with van der Waals surface area (Å²) in [6.45, 7) is 3.84. The van der Waals surface area contributed by atoms with E-state index in [2.05, 4.69) is 0 Å². The zero-order chi connectivity index (χ0) is 11.0. The van der Waals surface area contributed by atoms with Gasteiger partial charge in [-0.05, 0) is 30.4 Å². The average Bonchev–Trinajstić information content (AvgIpc) is 2.19. The SMILES string of the molecule is Cc1cc2ccccc2c(S(=O)O)c1C. The van der Waals surface area contributed by atoms with Crippen molar-refractivity contribution in [3.05, 3.63) is 41.5 Å². The van der Waals surface area contributed by atoms with E-state index >= 15 is 0 Å². The molecule has 0 aliphatic rings. The molecule has 0 spiro atoms. The molecule has 1 unspecified atom stereocenters. The molecule has 1 N–H and O–H groups in total. The van der Waals surface area contributed by atoms with Gasteiger partial charge in [0.1, 0.15) is 0 Å². The second-order valence-corrected chi connectivity index (χ2v) is 4.52. The largest absolute Gasteiger partial charge is 0.302 e. The fourth-order valence-electron chi connectivity index (χ4n) is 1.78. The lowest BCUT2D eigenvalue weighted by Gasteiger charge is -2.09. The molecule has 2 rings (SSSR count). The predicted molar refractivity (Wildman–Crippen MR) is 62.5 cm³/mol. The first-order chi connectivity index (χ1) is 7.11. The van der Waals surface area contributed by atoms with Gasteiger partial charge < -0.3 is 4.55 Å². The van der Waals surface area contributed by atoms with Crippen LogP contribution in [0.2, 0.25) is 0 Å². The highest BCUT2D eigenvalue weighted by atomic mass is 32.2. The highest BCUT2D eigenvalue weighted by molar-refractivity contribution is 7.79. The quantitative estimate of drug-likeness (QED) is 0.750. The van der Waals surface area contributed by atoms with Gasteiger partial charge >= 0.3 is 0 Å². The van der Waals surface area contributed by atoms with Crippen molar-refractivity contribution in [2.45, 2.75) is 18.7 Å². The highest BCUT2D eigenvalue weighted by Crippen LogP contribution is 2.27. The van der Waals surface area contributed by atoms with Gasteiger partial charge in [-0.25, -0.2) is 4.21 Å². The minimum absolute atomic E-state index is 0.533. The number of benzene rings is 2. The van der Waals surface area contributed by atoms with Crippen LogP contribution in [-0.4, -0.2) is 8.76 Å². The van der Waals surface area contributed by atoms with Gasteiger partial charge in [0.2, 0.25) is 0 Å². The van der Waals surface area contributed by atoms with E-state index in [4.69, 9.17) is 0 Å². The van der Waals surface area contributed by atoms with Gasteiger partial charge in [0.15, 0.2) is 11.1 Å². The molecule has 0 heterocycles. The Balaban J connectivity index is 2.95. The smallest absolute Gasteiger partial charge is 0.187 e. The van der Waals surface area contributed by atoms with Crippen molar-refractivity contribution < 1.29 is 8.76 Å². The van der Waals surface area contributed by atoms with Gasteiger partial charge in [-0.15, -0.1) is 0 Å². The highest BCUT2D eigenvalue weighted by Gasteiger charge is 2.11. The molecule has 2 nitrogen and oxygen atoms in total. The molecule has 0 aliphatic heterocycles. The number of fused-ring (bicyclic) bond motifs is 1. The third kappa shape index (κ3) is 1.68. The number of hydrogen-bond donors (Lipinski definition) is 1. The van der Waals surface area contributed by atoms with E-state index in [1.807, 2.05) is 44.2 Å². The van der Waals surface area contributed by atoms with E-state index in [-0.39, 0.29) is 0 Å². The minimum atomic E-state index is -1.93. The number of aryl methyl sites for hydroxylation is 1. The molecular formula is C12H12O2S. The van der Waals surface area contributed by atoms with Crippen molar-refractivity contribution in [2.75, 3.05) is 0 Å². The maximum absolute atomic E-state index is 11.3. The molecule has 3 heteroatoms. The van der Waals surface area contributed by atoms with Crippen LogP contribution in [-0.2, 0) is 11.1 Å². The summed E-state index contributed by atoms with van der Waals surface area (Å²) in [5, 5.41) is 1.87. The Morgan fingerprint density at radius 3 is 2.53 bits per heavy atom. The topological polar surface area (TPSA) is 37.3 Å². The van der Waals surface area contributed by atoms with E-state index in [1.165, 1.54) is 0 Å². The van der Waals surface area contributed by atoms with Crippen LogP contribution < -0.4 is 0 Å². The summed E-state index contributed by atoms with van der Waals surface area (Å²) in [6, 6.07) is 9.69. The Hall–Kier alpha value is -1.19. The van der Waals surface area contributed by atoms with Crippen LogP contribution >= 0.6 is 0 Å². The molecule has 1 atom stereocenters. The molecule has 2 aromatic carbocycles. The fraction of sp³-hybridized carbons (Fsp3) is 0.167. The standard InChI is InChI=1S/C12H12O2S/c1-8-7-10-5-3-4-6-11(10)12(9(8)2)15(13)14/h3-7H,1-2H3,(H,13,14). The van der Waals surface area contributed by atoms with Gasteiger partial charge in [-0.1, -0.05) is 30.3 Å². The number of hydrogen-bond acceptors (Lipinski definition) is 1. The molecule has 15 heavy (non-hydrogen) atoms. The molecule has 0 saturated carbocycles. The number of rotatable bonds is 1. The Labute approximate surface area is 91.2 Å². The normalized spacial score (nSPS) is 13.0. The van der Waals surface area contributed by atoms with Crippen LogP contribution in [0.4, 0.5) is 0 Å².